The van der Waals surface area contributed by atoms with Crippen molar-refractivity contribution in [1.82, 2.24) is 19.6 Å². The van der Waals surface area contributed by atoms with Crippen molar-refractivity contribution in [2.75, 3.05) is 54.5 Å². The Hall–Kier alpha value is -5.75. The molecule has 0 unspecified atom stereocenters. The minimum absolute atomic E-state index is 0.109. The second kappa shape index (κ2) is 18.7. The van der Waals surface area contributed by atoms with Crippen LogP contribution in [-0.4, -0.2) is 102 Å². The SMILES string of the molecule is CC(C)c1ccccc1[C@@H]1CCCN1C1CC2(CCN(c3ccc(C(=O)NS(=O)(=O)c4ccc(NCC5CCC(C)(O)CC5)c([N+](=O)[O-])c4)c(N4c5cc6cc[nH]c6nc5O[C@@H]5CCOC[C@H]54)c3)CC2)C1. The van der Waals surface area contributed by atoms with E-state index in [-0.39, 0.29) is 34.7 Å². The molecule has 1 amide bonds. The van der Waals surface area contributed by atoms with Crippen LogP contribution in [0.1, 0.15) is 125 Å². The van der Waals surface area contributed by atoms with Crippen molar-refractivity contribution in [3.05, 3.63) is 106 Å². The quantitative estimate of drug-likeness (QED) is 0.0683. The van der Waals surface area contributed by atoms with Crippen LogP contribution in [-0.2, 0) is 14.8 Å². The lowest BCUT2D eigenvalue weighted by atomic mass is 9.59. The minimum Gasteiger partial charge on any atom is -0.470 e. The zero-order valence-electron chi connectivity index (χ0n) is 40.9. The van der Waals surface area contributed by atoms with Gasteiger partial charge in [0.25, 0.3) is 21.6 Å². The minimum atomic E-state index is -4.62. The van der Waals surface area contributed by atoms with E-state index in [1.807, 2.05) is 42.3 Å². The molecule has 376 valence electrons. The van der Waals surface area contributed by atoms with Crippen LogP contribution in [0.3, 0.4) is 0 Å². The molecule has 16 nitrogen and oxygen atoms in total. The molecule has 3 atom stereocenters. The number of aromatic nitrogens is 2. The summed E-state index contributed by atoms with van der Waals surface area (Å²) in [6.07, 6.45) is 11.8. The topological polar surface area (TPSA) is 196 Å². The van der Waals surface area contributed by atoms with Gasteiger partial charge in [-0.05, 0) is 149 Å². The van der Waals surface area contributed by atoms with Gasteiger partial charge in [-0.3, -0.25) is 19.8 Å². The molecule has 5 fully saturated rings. The Labute approximate surface area is 415 Å². The number of ether oxygens (including phenoxy) is 2. The van der Waals surface area contributed by atoms with E-state index in [1.54, 1.807) is 6.07 Å². The largest absolute Gasteiger partial charge is 0.470 e. The zero-order chi connectivity index (χ0) is 49.2. The van der Waals surface area contributed by atoms with E-state index in [0.29, 0.717) is 79.9 Å². The number of hydrogen-bond acceptors (Lipinski definition) is 13. The van der Waals surface area contributed by atoms with Crippen LogP contribution >= 0.6 is 0 Å². The van der Waals surface area contributed by atoms with Crippen LogP contribution in [0, 0.1) is 21.4 Å². The predicted molar refractivity (Wildman–Crippen MR) is 273 cm³/mol. The van der Waals surface area contributed by atoms with Gasteiger partial charge in [0.05, 0.1) is 45.9 Å². The number of nitrogens with one attached hydrogen (secondary N) is 3. The Morgan fingerprint density at radius 2 is 1.76 bits per heavy atom. The first-order valence-corrected chi connectivity index (χ1v) is 27.2. The highest BCUT2D eigenvalue weighted by Crippen LogP contribution is 2.55. The molecule has 5 aromatic rings. The molecule has 2 aromatic heterocycles. The molecule has 1 spiro atoms. The van der Waals surface area contributed by atoms with Crippen LogP contribution < -0.4 is 24.6 Å². The van der Waals surface area contributed by atoms with Gasteiger partial charge in [0, 0.05) is 61.5 Å². The average molecular weight is 987 g/mol. The first-order valence-electron chi connectivity index (χ1n) is 25.7. The number of likely N-dealkylation sites (tertiary alicyclic amines) is 1. The molecule has 3 aromatic carbocycles. The number of sulfonamides is 1. The zero-order valence-corrected chi connectivity index (χ0v) is 41.8. The molecule has 17 heteroatoms. The van der Waals surface area contributed by atoms with Crippen molar-refractivity contribution in [2.45, 2.75) is 132 Å². The van der Waals surface area contributed by atoms with E-state index >= 15 is 0 Å². The van der Waals surface area contributed by atoms with Gasteiger partial charge in [-0.1, -0.05) is 38.1 Å². The molecular formula is C54H66N8O8S. The van der Waals surface area contributed by atoms with Gasteiger partial charge >= 0.3 is 0 Å². The standard InChI is InChI=1S/C54H66N8O8S/c1-34(2)40-7-4-5-8-41(40)44-9-6-23-60(44)38-30-54(31-38)20-24-59(25-21-54)37-10-12-42(45(28-37)61-47-27-36-16-22-55-50(36)57-52(47)70-49-17-26-69-33-48(49)61)51(63)58-71(67,68)39-11-13-43(46(29-39)62(65)66)56-32-35-14-18-53(3,64)19-15-35/h4-5,7-8,10-13,16,22,27-29,34-35,38,44,48-49,56,64H,6,9,14-15,17-21,23-26,30-33H2,1-3H3,(H,55,57)(H,58,63)/t35?,44-,48+,49+,53?/m0/s1. The third-order valence-electron chi connectivity index (χ3n) is 16.8. The van der Waals surface area contributed by atoms with E-state index in [0.717, 1.165) is 62.5 Å². The fraction of sp³-hybridized carbons (Fsp3) is 0.519. The molecule has 3 saturated heterocycles. The number of amides is 1. The van der Waals surface area contributed by atoms with Crippen molar-refractivity contribution < 1.29 is 32.7 Å². The number of carbonyl (C=O) groups is 1. The number of aliphatic hydroxyl groups is 1. The number of carbonyl (C=O) groups excluding carboxylic acids is 1. The van der Waals surface area contributed by atoms with Gasteiger partial charge in [-0.15, -0.1) is 0 Å². The summed E-state index contributed by atoms with van der Waals surface area (Å²) in [6.45, 7) is 10.5. The van der Waals surface area contributed by atoms with Gasteiger partial charge in [-0.25, -0.2) is 13.1 Å². The monoisotopic (exact) mass is 986 g/mol. The number of rotatable bonds is 12. The first kappa shape index (κ1) is 47.6. The van der Waals surface area contributed by atoms with Gasteiger partial charge in [0.15, 0.2) is 0 Å². The number of pyridine rings is 1. The summed E-state index contributed by atoms with van der Waals surface area (Å²) in [5.41, 5.74) is 5.10. The highest BCUT2D eigenvalue weighted by atomic mass is 32.2. The number of anilines is 4. The third kappa shape index (κ3) is 9.23. The number of nitro benzene ring substituents is 1. The fourth-order valence-corrected chi connectivity index (χ4v) is 13.7. The lowest BCUT2D eigenvalue weighted by Gasteiger charge is -2.56. The van der Waals surface area contributed by atoms with Crippen molar-refractivity contribution in [2.24, 2.45) is 11.3 Å². The molecular weight excluding hydrogens is 921 g/mol. The van der Waals surface area contributed by atoms with E-state index in [1.165, 1.54) is 48.9 Å². The molecule has 4 aliphatic heterocycles. The fourth-order valence-electron chi connectivity index (χ4n) is 12.7. The molecule has 6 aliphatic rings. The maximum Gasteiger partial charge on any atom is 0.293 e. The van der Waals surface area contributed by atoms with Gasteiger partial charge < -0.3 is 34.7 Å². The molecule has 2 saturated carbocycles. The molecule has 6 heterocycles. The van der Waals surface area contributed by atoms with Gasteiger partial charge in [-0.2, -0.15) is 4.98 Å². The highest BCUT2D eigenvalue weighted by molar-refractivity contribution is 7.90. The molecule has 4 N–H and O–H groups in total. The summed E-state index contributed by atoms with van der Waals surface area (Å²) in [7, 11) is -4.62. The second-order valence-electron chi connectivity index (χ2n) is 21.8. The lowest BCUT2D eigenvalue weighted by molar-refractivity contribution is -0.384. The predicted octanol–water partition coefficient (Wildman–Crippen LogP) is 9.34. The number of aromatic amines is 1. The normalized spacial score (nSPS) is 25.6. The Morgan fingerprint density at radius 1 is 0.972 bits per heavy atom. The van der Waals surface area contributed by atoms with E-state index < -0.39 is 37.0 Å². The summed E-state index contributed by atoms with van der Waals surface area (Å²) < 4.78 is 43.2. The van der Waals surface area contributed by atoms with E-state index in [2.05, 4.69) is 62.9 Å². The molecule has 71 heavy (non-hydrogen) atoms. The Balaban J connectivity index is 0.863. The number of benzene rings is 3. The maximum absolute atomic E-state index is 14.7. The van der Waals surface area contributed by atoms with Crippen molar-refractivity contribution in [3.63, 3.8) is 0 Å². The summed E-state index contributed by atoms with van der Waals surface area (Å²) >= 11 is 0. The Bertz CT molecular complexity index is 2930. The number of nitro groups is 1. The van der Waals surface area contributed by atoms with Crippen LogP contribution in [0.4, 0.5) is 28.4 Å². The van der Waals surface area contributed by atoms with Gasteiger partial charge in [0.1, 0.15) is 23.1 Å². The van der Waals surface area contributed by atoms with Gasteiger partial charge in [0.2, 0.25) is 5.88 Å². The van der Waals surface area contributed by atoms with E-state index in [4.69, 9.17) is 14.5 Å². The molecule has 11 rings (SSSR count). The number of piperidine rings is 1. The lowest BCUT2D eigenvalue weighted by Crippen LogP contribution is -2.55. The van der Waals surface area contributed by atoms with Crippen LogP contribution in [0.5, 0.6) is 5.88 Å². The van der Waals surface area contributed by atoms with Crippen molar-refractivity contribution >= 4 is 55.4 Å². The summed E-state index contributed by atoms with van der Waals surface area (Å²) in [4.78, 5) is 41.3. The number of fused-ring (bicyclic) bond motifs is 3. The number of nitrogens with zero attached hydrogens (tertiary/aromatic N) is 5. The Kier molecular flexibility index (Phi) is 12.5. The summed E-state index contributed by atoms with van der Waals surface area (Å²) in [5, 5.41) is 26.7. The highest BCUT2D eigenvalue weighted by Gasteiger charge is 2.50. The average Bonchev–Trinajstić information content (AvgIpc) is 4.03. The van der Waals surface area contributed by atoms with Crippen LogP contribution in [0.25, 0.3) is 11.0 Å². The summed E-state index contributed by atoms with van der Waals surface area (Å²) in [6, 6.07) is 22.8. The Morgan fingerprint density at radius 3 is 2.54 bits per heavy atom. The number of H-pyrrole nitrogens is 1. The molecule has 0 radical (unpaired) electrons. The van der Waals surface area contributed by atoms with Crippen molar-refractivity contribution in [3.8, 4) is 5.88 Å². The maximum atomic E-state index is 14.7. The smallest absolute Gasteiger partial charge is 0.293 e. The molecule has 0 bridgehead atoms. The molecule has 2 aliphatic carbocycles. The number of hydrogen-bond donors (Lipinski definition) is 4. The van der Waals surface area contributed by atoms with Crippen LogP contribution in [0.2, 0.25) is 0 Å². The van der Waals surface area contributed by atoms with Crippen molar-refractivity contribution in [1.29, 1.82) is 0 Å². The summed E-state index contributed by atoms with van der Waals surface area (Å²) in [5.74, 6) is 0.207. The van der Waals surface area contributed by atoms with E-state index in [9.17, 15) is 28.4 Å². The third-order valence-corrected chi connectivity index (χ3v) is 18.1. The second-order valence-corrected chi connectivity index (χ2v) is 23.5. The van der Waals surface area contributed by atoms with Crippen LogP contribution in [0.15, 0.2) is 83.9 Å². The first-order chi connectivity index (χ1) is 34.1.